The molecule has 0 aromatic carbocycles. The number of amides is 1. The first-order valence-corrected chi connectivity index (χ1v) is 5.86. The zero-order chi connectivity index (χ0) is 13.7. The van der Waals surface area contributed by atoms with Crippen molar-refractivity contribution < 1.29 is 4.79 Å². The molecule has 0 bridgehead atoms. The van der Waals surface area contributed by atoms with Crippen LogP contribution in [0.15, 0.2) is 41.8 Å². The van der Waals surface area contributed by atoms with Gasteiger partial charge in [0.25, 0.3) is 11.5 Å². The number of rotatable bonds is 4. The van der Waals surface area contributed by atoms with Gasteiger partial charge in [-0.3, -0.25) is 9.59 Å². The van der Waals surface area contributed by atoms with Crippen molar-refractivity contribution in [2.24, 2.45) is 7.05 Å². The molecule has 0 saturated heterocycles. The van der Waals surface area contributed by atoms with Gasteiger partial charge in [0.05, 0.1) is 0 Å². The monoisotopic (exact) mass is 258 g/mol. The Labute approximate surface area is 110 Å². The van der Waals surface area contributed by atoms with Crippen molar-refractivity contribution in [1.29, 1.82) is 0 Å². The molecule has 1 N–H and O–H groups in total. The van der Waals surface area contributed by atoms with Gasteiger partial charge in [-0.2, -0.15) is 0 Å². The van der Waals surface area contributed by atoms with Crippen LogP contribution in [-0.2, 0) is 13.5 Å². The molecule has 0 spiro atoms. The minimum Gasteiger partial charge on any atom is -0.352 e. The van der Waals surface area contributed by atoms with E-state index in [1.54, 1.807) is 31.7 Å². The van der Waals surface area contributed by atoms with E-state index in [1.165, 1.54) is 17.0 Å². The van der Waals surface area contributed by atoms with Crippen molar-refractivity contribution in [2.45, 2.75) is 6.42 Å². The van der Waals surface area contributed by atoms with E-state index >= 15 is 0 Å². The first-order valence-electron chi connectivity index (χ1n) is 5.86. The number of nitrogens with zero attached hydrogens (tertiary/aromatic N) is 3. The van der Waals surface area contributed by atoms with Crippen LogP contribution in [0.1, 0.15) is 15.9 Å². The smallest absolute Gasteiger partial charge is 0.263 e. The van der Waals surface area contributed by atoms with Gasteiger partial charge in [-0.15, -0.1) is 0 Å². The Balaban J connectivity index is 1.95. The van der Waals surface area contributed by atoms with E-state index in [2.05, 4.69) is 15.3 Å². The first kappa shape index (κ1) is 12.9. The topological polar surface area (TPSA) is 76.9 Å². The van der Waals surface area contributed by atoms with Gasteiger partial charge < -0.3 is 9.88 Å². The Kier molecular flexibility index (Phi) is 4.02. The van der Waals surface area contributed by atoms with Crippen molar-refractivity contribution in [3.8, 4) is 0 Å². The molecule has 0 aliphatic carbocycles. The maximum Gasteiger partial charge on any atom is 0.263 e. The maximum absolute atomic E-state index is 11.9. The van der Waals surface area contributed by atoms with E-state index in [0.29, 0.717) is 13.0 Å². The average Bonchev–Trinajstić information content (AvgIpc) is 2.43. The summed E-state index contributed by atoms with van der Waals surface area (Å²) in [5, 5.41) is 2.71. The Bertz CT molecular complexity index is 622. The quantitative estimate of drug-likeness (QED) is 0.846. The average molecular weight is 258 g/mol. The number of carbonyl (C=O) groups is 1. The Hall–Kier alpha value is -2.50. The zero-order valence-electron chi connectivity index (χ0n) is 10.5. The Morgan fingerprint density at radius 1 is 1.37 bits per heavy atom. The molecule has 2 rings (SSSR count). The summed E-state index contributed by atoms with van der Waals surface area (Å²) in [5.41, 5.74) is 0.779. The summed E-state index contributed by atoms with van der Waals surface area (Å²) in [5.74, 6) is -0.363. The van der Waals surface area contributed by atoms with E-state index in [0.717, 1.165) is 5.56 Å². The summed E-state index contributed by atoms with van der Waals surface area (Å²) in [6.07, 6.45) is 7.08. The zero-order valence-corrected chi connectivity index (χ0v) is 10.5. The minimum absolute atomic E-state index is 0.148. The third-order valence-electron chi connectivity index (χ3n) is 2.68. The molecular formula is C13H14N4O2. The third-order valence-corrected chi connectivity index (χ3v) is 2.68. The van der Waals surface area contributed by atoms with E-state index < -0.39 is 0 Å². The van der Waals surface area contributed by atoms with Crippen molar-refractivity contribution in [3.63, 3.8) is 0 Å². The number of hydrogen-bond acceptors (Lipinski definition) is 4. The molecular weight excluding hydrogens is 244 g/mol. The lowest BCUT2D eigenvalue weighted by Crippen LogP contribution is -2.32. The van der Waals surface area contributed by atoms with E-state index in [4.69, 9.17) is 0 Å². The summed E-state index contributed by atoms with van der Waals surface area (Å²) in [6.45, 7) is 0.435. The summed E-state index contributed by atoms with van der Waals surface area (Å²) < 4.78 is 1.37. The lowest BCUT2D eigenvalue weighted by atomic mass is 10.2. The van der Waals surface area contributed by atoms with Gasteiger partial charge in [-0.05, 0) is 24.1 Å². The second-order valence-corrected chi connectivity index (χ2v) is 4.09. The highest BCUT2D eigenvalue weighted by molar-refractivity contribution is 5.93. The minimum atomic E-state index is -0.363. The van der Waals surface area contributed by atoms with Gasteiger partial charge in [0.15, 0.2) is 0 Å². The normalized spacial score (nSPS) is 10.2. The summed E-state index contributed by atoms with van der Waals surface area (Å²) in [7, 11) is 1.61. The molecule has 2 heterocycles. The highest BCUT2D eigenvalue weighted by Gasteiger charge is 2.10. The highest BCUT2D eigenvalue weighted by Crippen LogP contribution is 1.94. The molecule has 0 radical (unpaired) electrons. The third kappa shape index (κ3) is 3.25. The number of aryl methyl sites for hydroxylation is 1. The molecule has 0 aliphatic heterocycles. The molecule has 1 amide bonds. The SMILES string of the molecule is Cn1cccc(C(=O)NCCc2cncnc2)c1=O. The fourth-order valence-corrected chi connectivity index (χ4v) is 1.64. The van der Waals surface area contributed by atoms with Crippen LogP contribution >= 0.6 is 0 Å². The van der Waals surface area contributed by atoms with Gasteiger partial charge in [0.2, 0.25) is 0 Å². The van der Waals surface area contributed by atoms with Crippen LogP contribution in [0.3, 0.4) is 0 Å². The van der Waals surface area contributed by atoms with Crippen molar-refractivity contribution in [3.05, 3.63) is 58.5 Å². The van der Waals surface area contributed by atoms with Crippen LogP contribution in [0.2, 0.25) is 0 Å². The standard InChI is InChI=1S/C13H14N4O2/c1-17-6-2-3-11(13(17)19)12(18)16-5-4-10-7-14-9-15-8-10/h2-3,6-9H,4-5H2,1H3,(H,16,18). The highest BCUT2D eigenvalue weighted by atomic mass is 16.2. The van der Waals surface area contributed by atoms with Crippen LogP contribution in [0, 0.1) is 0 Å². The summed E-state index contributed by atoms with van der Waals surface area (Å²) in [4.78, 5) is 31.4. The number of carbonyl (C=O) groups excluding carboxylic acids is 1. The van der Waals surface area contributed by atoms with Gasteiger partial charge >= 0.3 is 0 Å². The van der Waals surface area contributed by atoms with E-state index in [1.807, 2.05) is 0 Å². The number of aromatic nitrogens is 3. The lowest BCUT2D eigenvalue weighted by molar-refractivity contribution is 0.0952. The van der Waals surface area contributed by atoms with Gasteiger partial charge in [-0.1, -0.05) is 0 Å². The molecule has 0 saturated carbocycles. The second kappa shape index (κ2) is 5.90. The summed E-state index contributed by atoms with van der Waals surface area (Å²) in [6, 6.07) is 3.19. The van der Waals surface area contributed by atoms with Crippen LogP contribution in [-0.4, -0.2) is 27.0 Å². The largest absolute Gasteiger partial charge is 0.352 e. The van der Waals surface area contributed by atoms with Crippen LogP contribution in [0.4, 0.5) is 0 Å². The molecule has 6 nitrogen and oxygen atoms in total. The molecule has 2 aromatic heterocycles. The molecule has 6 heteroatoms. The van der Waals surface area contributed by atoms with Crippen molar-refractivity contribution in [1.82, 2.24) is 19.9 Å². The lowest BCUT2D eigenvalue weighted by Gasteiger charge is -2.05. The molecule has 19 heavy (non-hydrogen) atoms. The number of pyridine rings is 1. The fraction of sp³-hybridized carbons (Fsp3) is 0.231. The first-order chi connectivity index (χ1) is 9.18. The van der Waals surface area contributed by atoms with E-state index in [9.17, 15) is 9.59 Å². The van der Waals surface area contributed by atoms with Crippen LogP contribution in [0.5, 0.6) is 0 Å². The number of hydrogen-bond donors (Lipinski definition) is 1. The van der Waals surface area contributed by atoms with Gasteiger partial charge in [-0.25, -0.2) is 9.97 Å². The Morgan fingerprint density at radius 2 is 2.11 bits per heavy atom. The fourth-order valence-electron chi connectivity index (χ4n) is 1.64. The maximum atomic E-state index is 11.9. The predicted molar refractivity (Wildman–Crippen MR) is 69.8 cm³/mol. The molecule has 0 fully saturated rings. The summed E-state index contributed by atoms with van der Waals surface area (Å²) >= 11 is 0. The molecule has 2 aromatic rings. The predicted octanol–water partition coefficient (Wildman–Crippen LogP) is 0.148. The Morgan fingerprint density at radius 3 is 2.84 bits per heavy atom. The van der Waals surface area contributed by atoms with Crippen molar-refractivity contribution >= 4 is 5.91 Å². The van der Waals surface area contributed by atoms with Gasteiger partial charge in [0.1, 0.15) is 11.9 Å². The van der Waals surface area contributed by atoms with Crippen LogP contribution in [0.25, 0.3) is 0 Å². The molecule has 98 valence electrons. The molecule has 0 atom stereocenters. The molecule has 0 aliphatic rings. The van der Waals surface area contributed by atoms with Gasteiger partial charge in [0, 0.05) is 32.2 Å². The van der Waals surface area contributed by atoms with Crippen molar-refractivity contribution in [2.75, 3.05) is 6.54 Å². The molecule has 0 unspecified atom stereocenters. The van der Waals surface area contributed by atoms with E-state index in [-0.39, 0.29) is 17.0 Å². The second-order valence-electron chi connectivity index (χ2n) is 4.09. The van der Waals surface area contributed by atoms with Crippen LogP contribution < -0.4 is 10.9 Å². The number of nitrogens with one attached hydrogen (secondary N) is 1.